The number of hydrogen-bond acceptors (Lipinski definition) is 5. The quantitative estimate of drug-likeness (QED) is 0.585. The first kappa shape index (κ1) is 14.7. The van der Waals surface area contributed by atoms with Gasteiger partial charge in [-0.05, 0) is 24.3 Å². The van der Waals surface area contributed by atoms with E-state index in [1.54, 1.807) is 18.2 Å². The van der Waals surface area contributed by atoms with Gasteiger partial charge in [-0.2, -0.15) is 0 Å². The van der Waals surface area contributed by atoms with Crippen LogP contribution in [0.3, 0.4) is 0 Å². The average Bonchev–Trinajstić information content (AvgIpc) is 2.48. The fourth-order valence-corrected chi connectivity index (χ4v) is 1.99. The molecule has 1 aliphatic carbocycles. The lowest BCUT2D eigenvalue weighted by Gasteiger charge is -2.12. The highest BCUT2D eigenvalue weighted by Gasteiger charge is 2.14. The van der Waals surface area contributed by atoms with Crippen molar-refractivity contribution < 1.29 is 24.9 Å². The van der Waals surface area contributed by atoms with Crippen molar-refractivity contribution in [3.8, 4) is 11.5 Å². The van der Waals surface area contributed by atoms with E-state index in [2.05, 4.69) is 0 Å². The van der Waals surface area contributed by atoms with Gasteiger partial charge >= 0.3 is 0 Å². The maximum atomic E-state index is 12.0. The Morgan fingerprint density at radius 3 is 2.71 bits per heavy atom. The van der Waals surface area contributed by atoms with Gasteiger partial charge in [0.25, 0.3) is 0 Å². The normalized spacial score (nSPS) is 18.2. The molecule has 110 valence electrons. The van der Waals surface area contributed by atoms with Gasteiger partial charge < -0.3 is 20.1 Å². The zero-order chi connectivity index (χ0) is 15.4. The van der Waals surface area contributed by atoms with Gasteiger partial charge in [0.15, 0.2) is 11.5 Å². The van der Waals surface area contributed by atoms with Crippen LogP contribution < -0.4 is 4.74 Å². The Balaban J connectivity index is 2.09. The summed E-state index contributed by atoms with van der Waals surface area (Å²) in [5, 5.41) is 28.5. The molecule has 1 atom stereocenters. The number of hydrogen-bond donors (Lipinski definition) is 3. The van der Waals surface area contributed by atoms with Gasteiger partial charge in [-0.25, -0.2) is 0 Å². The minimum Gasteiger partial charge on any atom is -0.508 e. The highest BCUT2D eigenvalue weighted by Crippen LogP contribution is 2.25. The highest BCUT2D eigenvalue weighted by molar-refractivity contribution is 6.06. The molecule has 1 aromatic carbocycles. The van der Waals surface area contributed by atoms with Gasteiger partial charge in [0.2, 0.25) is 0 Å². The summed E-state index contributed by atoms with van der Waals surface area (Å²) in [5.41, 5.74) is 0.175. The molecule has 0 radical (unpaired) electrons. The SMILES string of the molecule is COc1ccc(C(=O)C=CC2C=CC(O)=C(O)C2)c(O)c1. The molecule has 5 heteroatoms. The third-order valence-electron chi connectivity index (χ3n) is 3.19. The first-order valence-electron chi connectivity index (χ1n) is 6.40. The summed E-state index contributed by atoms with van der Waals surface area (Å²) in [6, 6.07) is 4.45. The average molecular weight is 288 g/mol. The molecular formula is C16H16O5. The van der Waals surface area contributed by atoms with E-state index in [1.165, 1.54) is 31.4 Å². The van der Waals surface area contributed by atoms with Gasteiger partial charge in [-0.15, -0.1) is 0 Å². The summed E-state index contributed by atoms with van der Waals surface area (Å²) in [7, 11) is 1.47. The number of phenolic OH excluding ortho intramolecular Hbond substituents is 1. The first-order valence-corrected chi connectivity index (χ1v) is 6.40. The number of allylic oxidation sites excluding steroid dienone is 5. The number of benzene rings is 1. The molecule has 0 bridgehead atoms. The van der Waals surface area contributed by atoms with Crippen LogP contribution in [0.5, 0.6) is 11.5 Å². The molecule has 0 spiro atoms. The van der Waals surface area contributed by atoms with E-state index < -0.39 is 0 Å². The molecule has 1 aliphatic rings. The van der Waals surface area contributed by atoms with Crippen LogP contribution in [0.25, 0.3) is 0 Å². The lowest BCUT2D eigenvalue weighted by molar-refractivity contribution is 0.104. The van der Waals surface area contributed by atoms with Crippen molar-refractivity contribution in [3.63, 3.8) is 0 Å². The number of methoxy groups -OCH3 is 1. The van der Waals surface area contributed by atoms with Crippen LogP contribution in [0.1, 0.15) is 16.8 Å². The number of ether oxygens (including phenoxy) is 1. The van der Waals surface area contributed by atoms with Crippen molar-refractivity contribution in [1.29, 1.82) is 0 Å². The molecular weight excluding hydrogens is 272 g/mol. The summed E-state index contributed by atoms with van der Waals surface area (Å²) in [6.45, 7) is 0. The van der Waals surface area contributed by atoms with E-state index in [1.807, 2.05) is 0 Å². The van der Waals surface area contributed by atoms with Crippen LogP contribution in [-0.2, 0) is 0 Å². The maximum absolute atomic E-state index is 12.0. The van der Waals surface area contributed by atoms with Gasteiger partial charge in [0.1, 0.15) is 17.3 Å². The lowest BCUT2D eigenvalue weighted by atomic mass is 9.97. The number of aliphatic hydroxyl groups excluding tert-OH is 2. The number of ketones is 1. The van der Waals surface area contributed by atoms with Gasteiger partial charge in [-0.1, -0.05) is 12.2 Å². The number of aliphatic hydroxyl groups is 2. The van der Waals surface area contributed by atoms with Crippen molar-refractivity contribution in [2.24, 2.45) is 5.92 Å². The molecule has 0 aromatic heterocycles. The topological polar surface area (TPSA) is 87.0 Å². The van der Waals surface area contributed by atoms with Crippen molar-refractivity contribution in [1.82, 2.24) is 0 Å². The Kier molecular flexibility index (Phi) is 4.33. The van der Waals surface area contributed by atoms with Crippen LogP contribution >= 0.6 is 0 Å². The first-order chi connectivity index (χ1) is 10.0. The van der Waals surface area contributed by atoms with E-state index in [0.29, 0.717) is 5.75 Å². The molecule has 2 rings (SSSR count). The summed E-state index contributed by atoms with van der Waals surface area (Å²) in [4.78, 5) is 12.0. The van der Waals surface area contributed by atoms with Crippen molar-refractivity contribution >= 4 is 5.78 Å². The predicted octanol–water partition coefficient (Wildman–Crippen LogP) is 3.04. The number of aromatic hydroxyl groups is 1. The van der Waals surface area contributed by atoms with Crippen LogP contribution in [0, 0.1) is 5.92 Å². The van der Waals surface area contributed by atoms with E-state index >= 15 is 0 Å². The number of phenols is 1. The van der Waals surface area contributed by atoms with E-state index in [0.717, 1.165) is 0 Å². The van der Waals surface area contributed by atoms with Crippen LogP contribution in [0.4, 0.5) is 0 Å². The molecule has 1 unspecified atom stereocenters. The lowest BCUT2D eigenvalue weighted by Crippen LogP contribution is -2.04. The van der Waals surface area contributed by atoms with Crippen molar-refractivity contribution in [2.75, 3.05) is 7.11 Å². The second kappa shape index (κ2) is 6.17. The predicted molar refractivity (Wildman–Crippen MR) is 77.7 cm³/mol. The summed E-state index contributed by atoms with van der Waals surface area (Å²) in [6.07, 6.45) is 6.27. The fourth-order valence-electron chi connectivity index (χ4n) is 1.99. The fraction of sp³-hybridized carbons (Fsp3) is 0.188. The van der Waals surface area contributed by atoms with E-state index in [9.17, 15) is 20.1 Å². The zero-order valence-corrected chi connectivity index (χ0v) is 11.5. The Labute approximate surface area is 122 Å². The number of rotatable bonds is 4. The Morgan fingerprint density at radius 2 is 2.10 bits per heavy atom. The standard InChI is InChI=1S/C16H16O5/c1-21-11-4-5-12(15(19)9-11)13(17)6-2-10-3-7-14(18)16(20)8-10/h2-7,9-10,18-20H,8H2,1H3. The Morgan fingerprint density at radius 1 is 1.33 bits per heavy atom. The van der Waals surface area contributed by atoms with E-state index in [-0.39, 0.29) is 41.0 Å². The smallest absolute Gasteiger partial charge is 0.189 e. The molecule has 21 heavy (non-hydrogen) atoms. The summed E-state index contributed by atoms with van der Waals surface area (Å²) in [5.74, 6) is -0.463. The second-order valence-electron chi connectivity index (χ2n) is 4.67. The molecule has 1 aromatic rings. The van der Waals surface area contributed by atoms with E-state index in [4.69, 9.17) is 4.74 Å². The third kappa shape index (κ3) is 3.45. The molecule has 0 amide bonds. The molecule has 0 fully saturated rings. The molecule has 3 N–H and O–H groups in total. The van der Waals surface area contributed by atoms with Crippen molar-refractivity contribution in [2.45, 2.75) is 6.42 Å². The summed E-state index contributed by atoms with van der Waals surface area (Å²) < 4.78 is 4.95. The van der Waals surface area contributed by atoms with Gasteiger partial charge in [0.05, 0.1) is 12.7 Å². The van der Waals surface area contributed by atoms with Crippen LogP contribution in [0.2, 0.25) is 0 Å². The molecule has 0 heterocycles. The van der Waals surface area contributed by atoms with Crippen LogP contribution in [-0.4, -0.2) is 28.2 Å². The molecule has 0 aliphatic heterocycles. The highest BCUT2D eigenvalue weighted by atomic mass is 16.5. The number of carbonyl (C=O) groups is 1. The molecule has 0 saturated carbocycles. The Hall–Kier alpha value is -2.69. The second-order valence-corrected chi connectivity index (χ2v) is 4.67. The Bertz CT molecular complexity index is 640. The van der Waals surface area contributed by atoms with Crippen LogP contribution in [0.15, 0.2) is 54.0 Å². The summed E-state index contributed by atoms with van der Waals surface area (Å²) >= 11 is 0. The zero-order valence-electron chi connectivity index (χ0n) is 11.5. The largest absolute Gasteiger partial charge is 0.508 e. The minimum atomic E-state index is -0.346. The molecule has 5 nitrogen and oxygen atoms in total. The van der Waals surface area contributed by atoms with Gasteiger partial charge in [-0.3, -0.25) is 4.79 Å². The molecule has 0 saturated heterocycles. The van der Waals surface area contributed by atoms with Crippen molar-refractivity contribution in [3.05, 3.63) is 59.6 Å². The van der Waals surface area contributed by atoms with Gasteiger partial charge in [0, 0.05) is 18.4 Å². The third-order valence-corrected chi connectivity index (χ3v) is 3.19. The minimum absolute atomic E-state index is 0.105. The number of carbonyl (C=O) groups excluding carboxylic acids is 1. The monoisotopic (exact) mass is 288 g/mol. The maximum Gasteiger partial charge on any atom is 0.189 e.